The molecule has 0 atom stereocenters. The van der Waals surface area contributed by atoms with E-state index in [1.165, 1.54) is 43.4 Å². The van der Waals surface area contributed by atoms with Crippen molar-refractivity contribution in [3.8, 4) is 11.5 Å². The van der Waals surface area contributed by atoms with Crippen LogP contribution in [0, 0.1) is 0 Å². The van der Waals surface area contributed by atoms with Gasteiger partial charge in [0.1, 0.15) is 5.75 Å². The van der Waals surface area contributed by atoms with E-state index in [9.17, 15) is 18.4 Å². The number of hydrogen-bond acceptors (Lipinski definition) is 4. The fourth-order valence-electron chi connectivity index (χ4n) is 1.97. The molecule has 2 aromatic carbocycles. The molecule has 7 heteroatoms. The minimum atomic E-state index is -3.33. The zero-order valence-corrected chi connectivity index (χ0v) is 13.0. The van der Waals surface area contributed by atoms with Gasteiger partial charge in [-0.15, -0.1) is 0 Å². The summed E-state index contributed by atoms with van der Waals surface area (Å²) < 4.78 is 30.2. The fourth-order valence-corrected chi connectivity index (χ4v) is 1.97. The summed E-state index contributed by atoms with van der Waals surface area (Å²) in [6.45, 7) is 0.618. The lowest BCUT2D eigenvalue weighted by atomic mass is 10.1. The SMILES string of the molecule is CN(Oc1cccc(OC(C)(F)F)c1)C(=O)c1ccccc1C=O. The van der Waals surface area contributed by atoms with Crippen molar-refractivity contribution < 1.29 is 27.9 Å². The van der Waals surface area contributed by atoms with Gasteiger partial charge in [0, 0.05) is 25.6 Å². The normalized spacial score (nSPS) is 10.8. The van der Waals surface area contributed by atoms with E-state index in [0.717, 1.165) is 5.06 Å². The first kappa shape index (κ1) is 17.4. The van der Waals surface area contributed by atoms with Crippen LogP contribution in [0.2, 0.25) is 0 Å². The highest BCUT2D eigenvalue weighted by atomic mass is 19.3. The molecular weight excluding hydrogens is 320 g/mol. The highest BCUT2D eigenvalue weighted by Crippen LogP contribution is 2.25. The molecule has 2 rings (SSSR count). The van der Waals surface area contributed by atoms with Crippen molar-refractivity contribution in [1.29, 1.82) is 0 Å². The van der Waals surface area contributed by atoms with Crippen LogP contribution in [0.1, 0.15) is 27.6 Å². The van der Waals surface area contributed by atoms with Crippen molar-refractivity contribution in [1.82, 2.24) is 5.06 Å². The molecule has 0 aliphatic carbocycles. The van der Waals surface area contributed by atoms with E-state index in [1.54, 1.807) is 12.1 Å². The highest BCUT2D eigenvalue weighted by molar-refractivity contribution is 6.00. The molecule has 0 saturated carbocycles. The number of alkyl halides is 2. The van der Waals surface area contributed by atoms with Gasteiger partial charge in [0.2, 0.25) is 0 Å². The molecule has 5 nitrogen and oxygen atoms in total. The van der Waals surface area contributed by atoms with Crippen LogP contribution in [0.3, 0.4) is 0 Å². The standard InChI is InChI=1S/C17H15F2NO4/c1-17(18,19)23-13-7-5-8-14(10-13)24-20(2)16(22)15-9-4-3-6-12(15)11-21/h3-11H,1-2H3. The van der Waals surface area contributed by atoms with Crippen molar-refractivity contribution in [2.75, 3.05) is 7.05 Å². The smallest absolute Gasteiger partial charge is 0.394 e. The Balaban J connectivity index is 2.14. The quantitative estimate of drug-likeness (QED) is 0.598. The largest absolute Gasteiger partial charge is 0.433 e. The Hall–Kier alpha value is -2.96. The van der Waals surface area contributed by atoms with Crippen LogP contribution in [-0.2, 0) is 0 Å². The van der Waals surface area contributed by atoms with E-state index in [0.29, 0.717) is 13.2 Å². The van der Waals surface area contributed by atoms with Gasteiger partial charge in [-0.3, -0.25) is 9.59 Å². The maximum atomic E-state index is 12.9. The number of amides is 1. The Bertz CT molecular complexity index is 743. The molecule has 0 spiro atoms. The highest BCUT2D eigenvalue weighted by Gasteiger charge is 2.23. The molecule has 24 heavy (non-hydrogen) atoms. The molecule has 1 amide bonds. The van der Waals surface area contributed by atoms with Gasteiger partial charge in [-0.2, -0.15) is 13.8 Å². The van der Waals surface area contributed by atoms with E-state index >= 15 is 0 Å². The molecule has 126 valence electrons. The second kappa shape index (κ2) is 7.08. The van der Waals surface area contributed by atoms with Crippen LogP contribution in [0.25, 0.3) is 0 Å². The molecule has 0 radical (unpaired) electrons. The third-order valence-electron chi connectivity index (χ3n) is 2.95. The van der Waals surface area contributed by atoms with E-state index in [-0.39, 0.29) is 22.6 Å². The van der Waals surface area contributed by atoms with E-state index < -0.39 is 12.0 Å². The molecule has 0 aliphatic rings. The summed E-state index contributed by atoms with van der Waals surface area (Å²) in [7, 11) is 1.35. The number of aldehydes is 1. The monoisotopic (exact) mass is 335 g/mol. The summed E-state index contributed by atoms with van der Waals surface area (Å²) in [4.78, 5) is 28.7. The van der Waals surface area contributed by atoms with Gasteiger partial charge in [-0.25, -0.2) is 0 Å². The topological polar surface area (TPSA) is 55.8 Å². The second-order valence-corrected chi connectivity index (χ2v) is 4.98. The predicted molar refractivity (Wildman–Crippen MR) is 82.2 cm³/mol. The lowest BCUT2D eigenvalue weighted by Crippen LogP contribution is -2.30. The number of hydrogen-bond donors (Lipinski definition) is 0. The molecule has 0 saturated heterocycles. The molecular formula is C17H15F2NO4. The minimum Gasteiger partial charge on any atom is -0.433 e. The van der Waals surface area contributed by atoms with Gasteiger partial charge in [0.05, 0.1) is 5.56 Å². The Morgan fingerprint density at radius 2 is 1.79 bits per heavy atom. The first-order chi connectivity index (χ1) is 11.3. The zero-order valence-electron chi connectivity index (χ0n) is 13.0. The van der Waals surface area contributed by atoms with Crippen molar-refractivity contribution in [2.45, 2.75) is 13.0 Å². The predicted octanol–water partition coefficient (Wildman–Crippen LogP) is 3.56. The van der Waals surface area contributed by atoms with E-state index in [1.807, 2.05) is 0 Å². The maximum Gasteiger partial charge on any atom is 0.394 e. The number of benzene rings is 2. The average Bonchev–Trinajstić information content (AvgIpc) is 2.52. The Morgan fingerprint density at radius 1 is 1.12 bits per heavy atom. The first-order valence-electron chi connectivity index (χ1n) is 6.97. The van der Waals surface area contributed by atoms with Gasteiger partial charge in [0.15, 0.2) is 12.0 Å². The molecule has 0 N–H and O–H groups in total. The lowest BCUT2D eigenvalue weighted by Gasteiger charge is -2.19. The van der Waals surface area contributed by atoms with Gasteiger partial charge in [-0.1, -0.05) is 24.3 Å². The summed E-state index contributed by atoms with van der Waals surface area (Å²) in [5.74, 6) is -0.518. The lowest BCUT2D eigenvalue weighted by molar-refractivity contribution is -0.159. The van der Waals surface area contributed by atoms with Crippen LogP contribution < -0.4 is 9.57 Å². The van der Waals surface area contributed by atoms with Crippen LogP contribution in [0.5, 0.6) is 11.5 Å². The number of halogens is 2. The van der Waals surface area contributed by atoms with Gasteiger partial charge in [0.25, 0.3) is 5.91 Å². The van der Waals surface area contributed by atoms with Crippen molar-refractivity contribution in [3.05, 3.63) is 59.7 Å². The number of carbonyl (C=O) groups is 2. The summed E-state index contributed by atoms with van der Waals surface area (Å²) >= 11 is 0. The van der Waals surface area contributed by atoms with Crippen LogP contribution in [-0.4, -0.2) is 30.4 Å². The third kappa shape index (κ3) is 4.52. The Morgan fingerprint density at radius 3 is 2.46 bits per heavy atom. The summed E-state index contributed by atoms with van der Waals surface area (Å²) in [6.07, 6.45) is -2.76. The fraction of sp³-hybridized carbons (Fsp3) is 0.176. The number of ether oxygens (including phenoxy) is 1. The molecule has 0 aromatic heterocycles. The molecule has 0 fully saturated rings. The summed E-state index contributed by atoms with van der Waals surface area (Å²) in [5.41, 5.74) is 0.392. The van der Waals surface area contributed by atoms with Gasteiger partial charge in [-0.05, 0) is 18.2 Å². The molecule has 0 heterocycles. The first-order valence-corrected chi connectivity index (χ1v) is 6.97. The minimum absolute atomic E-state index is 0.103. The summed E-state index contributed by atoms with van der Waals surface area (Å²) in [5, 5.41) is 0.908. The molecule has 0 unspecified atom stereocenters. The van der Waals surface area contributed by atoms with Crippen molar-refractivity contribution in [3.63, 3.8) is 0 Å². The van der Waals surface area contributed by atoms with Gasteiger partial charge < -0.3 is 9.57 Å². The molecule has 0 aliphatic heterocycles. The van der Waals surface area contributed by atoms with Crippen LogP contribution >= 0.6 is 0 Å². The van der Waals surface area contributed by atoms with Crippen LogP contribution in [0.15, 0.2) is 48.5 Å². The van der Waals surface area contributed by atoms with E-state index in [2.05, 4.69) is 4.74 Å². The number of carbonyl (C=O) groups excluding carboxylic acids is 2. The maximum absolute atomic E-state index is 12.9. The average molecular weight is 335 g/mol. The van der Waals surface area contributed by atoms with Crippen LogP contribution in [0.4, 0.5) is 8.78 Å². The third-order valence-corrected chi connectivity index (χ3v) is 2.95. The molecule has 0 bridgehead atoms. The van der Waals surface area contributed by atoms with E-state index in [4.69, 9.17) is 4.84 Å². The number of nitrogens with zero attached hydrogens (tertiary/aromatic N) is 1. The van der Waals surface area contributed by atoms with Gasteiger partial charge >= 0.3 is 6.11 Å². The Labute approximate surface area is 137 Å². The second-order valence-electron chi connectivity index (χ2n) is 4.98. The Kier molecular flexibility index (Phi) is 5.13. The zero-order chi connectivity index (χ0) is 17.7. The number of rotatable bonds is 6. The number of hydroxylamine groups is 2. The molecule has 2 aromatic rings. The summed E-state index contributed by atoms with van der Waals surface area (Å²) in [6, 6.07) is 11.7. The van der Waals surface area contributed by atoms with Crippen molar-refractivity contribution in [2.24, 2.45) is 0 Å². The van der Waals surface area contributed by atoms with Crippen molar-refractivity contribution >= 4 is 12.2 Å².